The molecule has 0 atom stereocenters. The highest BCUT2D eigenvalue weighted by molar-refractivity contribution is 5.94. The average molecular weight is 347 g/mol. The summed E-state index contributed by atoms with van der Waals surface area (Å²) in [6, 6.07) is 18.6. The number of benzene rings is 2. The number of aromatic nitrogens is 1. The van der Waals surface area contributed by atoms with Crippen LogP contribution in [0.3, 0.4) is 0 Å². The van der Waals surface area contributed by atoms with Gasteiger partial charge in [0.05, 0.1) is 5.41 Å². The quantitative estimate of drug-likeness (QED) is 0.783. The van der Waals surface area contributed by atoms with Crippen LogP contribution in [0.4, 0.5) is 5.69 Å². The summed E-state index contributed by atoms with van der Waals surface area (Å²) in [6.07, 6.45) is 1.99. The monoisotopic (exact) mass is 347 g/mol. The molecule has 0 saturated carbocycles. The van der Waals surface area contributed by atoms with Gasteiger partial charge in [-0.2, -0.15) is 0 Å². The van der Waals surface area contributed by atoms with E-state index in [1.165, 1.54) is 5.69 Å². The molecule has 1 aliphatic rings. The fourth-order valence-electron chi connectivity index (χ4n) is 3.91. The van der Waals surface area contributed by atoms with E-state index < -0.39 is 5.41 Å². The Morgan fingerprint density at radius 2 is 1.58 bits per heavy atom. The van der Waals surface area contributed by atoms with Crippen LogP contribution < -0.4 is 4.90 Å². The molecule has 134 valence electrons. The number of hydrogen-bond acceptors (Lipinski definition) is 2. The van der Waals surface area contributed by atoms with Crippen LogP contribution in [-0.4, -0.2) is 42.0 Å². The van der Waals surface area contributed by atoms with Crippen LogP contribution in [0.5, 0.6) is 0 Å². The van der Waals surface area contributed by atoms with Crippen LogP contribution in [0, 0.1) is 0 Å². The molecule has 4 rings (SSSR count). The van der Waals surface area contributed by atoms with E-state index in [0.29, 0.717) is 0 Å². The zero-order chi connectivity index (χ0) is 18.1. The number of H-pyrrole nitrogens is 1. The van der Waals surface area contributed by atoms with Crippen molar-refractivity contribution in [2.75, 3.05) is 31.1 Å². The fourth-order valence-corrected chi connectivity index (χ4v) is 3.91. The van der Waals surface area contributed by atoms with Crippen molar-refractivity contribution in [2.45, 2.75) is 19.3 Å². The summed E-state index contributed by atoms with van der Waals surface area (Å²) in [5.41, 5.74) is 2.84. The summed E-state index contributed by atoms with van der Waals surface area (Å²) in [7, 11) is 0. The maximum absolute atomic E-state index is 13.3. The van der Waals surface area contributed by atoms with Crippen LogP contribution >= 0.6 is 0 Å². The van der Waals surface area contributed by atoms with E-state index >= 15 is 0 Å². The number of carbonyl (C=O) groups is 1. The summed E-state index contributed by atoms with van der Waals surface area (Å²) < 4.78 is 0. The van der Waals surface area contributed by atoms with Crippen molar-refractivity contribution in [3.05, 3.63) is 66.4 Å². The summed E-state index contributed by atoms with van der Waals surface area (Å²) in [4.78, 5) is 21.0. The third-order valence-electron chi connectivity index (χ3n) is 5.49. The number of anilines is 1. The number of nitrogens with zero attached hydrogens (tertiary/aromatic N) is 2. The Balaban J connectivity index is 1.51. The lowest BCUT2D eigenvalue weighted by Gasteiger charge is -2.39. The number of carbonyl (C=O) groups excluding carboxylic acids is 1. The van der Waals surface area contributed by atoms with Crippen LogP contribution in [0.2, 0.25) is 0 Å². The van der Waals surface area contributed by atoms with Gasteiger partial charge in [-0.05, 0) is 37.6 Å². The van der Waals surface area contributed by atoms with Crippen LogP contribution in [0.1, 0.15) is 19.4 Å². The minimum Gasteiger partial charge on any atom is -0.368 e. The van der Waals surface area contributed by atoms with Crippen molar-refractivity contribution in [2.24, 2.45) is 0 Å². The minimum absolute atomic E-state index is 0.204. The molecule has 0 bridgehead atoms. The van der Waals surface area contributed by atoms with Crippen molar-refractivity contribution >= 4 is 22.5 Å². The second-order valence-corrected chi connectivity index (χ2v) is 7.49. The fraction of sp³-hybridized carbons (Fsp3) is 0.318. The predicted molar refractivity (Wildman–Crippen MR) is 107 cm³/mol. The molecule has 1 aliphatic heterocycles. The molecule has 2 aromatic carbocycles. The molecule has 0 spiro atoms. The highest BCUT2D eigenvalue weighted by atomic mass is 16.2. The third kappa shape index (κ3) is 2.85. The van der Waals surface area contributed by atoms with E-state index in [4.69, 9.17) is 0 Å². The molecule has 3 aromatic rings. The first-order valence-electron chi connectivity index (χ1n) is 9.23. The van der Waals surface area contributed by atoms with Gasteiger partial charge < -0.3 is 14.8 Å². The Bertz CT molecular complexity index is 905. The van der Waals surface area contributed by atoms with Gasteiger partial charge in [0.1, 0.15) is 0 Å². The SMILES string of the molecule is CC(C)(C(=O)N1CCN(c2ccccc2)CC1)c1c[nH]c2ccccc12. The Labute approximate surface area is 154 Å². The summed E-state index contributed by atoms with van der Waals surface area (Å²) >= 11 is 0. The van der Waals surface area contributed by atoms with Crippen molar-refractivity contribution in [1.82, 2.24) is 9.88 Å². The molecule has 2 heterocycles. The van der Waals surface area contributed by atoms with Gasteiger partial charge in [-0.1, -0.05) is 36.4 Å². The van der Waals surface area contributed by atoms with Gasteiger partial charge in [0, 0.05) is 49.0 Å². The molecule has 4 nitrogen and oxygen atoms in total. The Morgan fingerprint density at radius 3 is 2.31 bits per heavy atom. The van der Waals surface area contributed by atoms with Gasteiger partial charge in [0.2, 0.25) is 5.91 Å². The number of nitrogens with one attached hydrogen (secondary N) is 1. The molecule has 0 aliphatic carbocycles. The largest absolute Gasteiger partial charge is 0.368 e. The molecule has 1 aromatic heterocycles. The first-order chi connectivity index (χ1) is 12.6. The number of rotatable bonds is 3. The van der Waals surface area contributed by atoms with Crippen LogP contribution in [-0.2, 0) is 10.2 Å². The topological polar surface area (TPSA) is 39.3 Å². The van der Waals surface area contributed by atoms with Gasteiger partial charge in [-0.15, -0.1) is 0 Å². The van der Waals surface area contributed by atoms with Crippen LogP contribution in [0.15, 0.2) is 60.8 Å². The number of para-hydroxylation sites is 2. The Kier molecular flexibility index (Phi) is 4.19. The molecule has 1 N–H and O–H groups in total. The zero-order valence-electron chi connectivity index (χ0n) is 15.4. The van der Waals surface area contributed by atoms with Crippen molar-refractivity contribution in [3.8, 4) is 0 Å². The van der Waals surface area contributed by atoms with Crippen molar-refractivity contribution in [3.63, 3.8) is 0 Å². The molecule has 0 radical (unpaired) electrons. The first kappa shape index (κ1) is 16.7. The molecule has 1 fully saturated rings. The highest BCUT2D eigenvalue weighted by Gasteiger charge is 2.36. The molecule has 26 heavy (non-hydrogen) atoms. The molecule has 0 unspecified atom stereocenters. The lowest BCUT2D eigenvalue weighted by Crippen LogP contribution is -2.53. The Morgan fingerprint density at radius 1 is 0.923 bits per heavy atom. The maximum atomic E-state index is 13.3. The smallest absolute Gasteiger partial charge is 0.232 e. The number of fused-ring (bicyclic) bond motifs is 1. The number of aromatic amines is 1. The van der Waals surface area contributed by atoms with E-state index in [1.54, 1.807) is 0 Å². The summed E-state index contributed by atoms with van der Waals surface area (Å²) in [5, 5.41) is 1.13. The first-order valence-corrected chi connectivity index (χ1v) is 9.23. The number of hydrogen-bond donors (Lipinski definition) is 1. The van der Waals surface area contributed by atoms with Crippen molar-refractivity contribution in [1.29, 1.82) is 0 Å². The highest BCUT2D eigenvalue weighted by Crippen LogP contribution is 2.32. The van der Waals surface area contributed by atoms with Gasteiger partial charge >= 0.3 is 0 Å². The molecule has 1 saturated heterocycles. The normalized spacial score (nSPS) is 15.5. The lowest BCUT2D eigenvalue weighted by atomic mass is 9.82. The van der Waals surface area contributed by atoms with Gasteiger partial charge in [-0.25, -0.2) is 0 Å². The van der Waals surface area contributed by atoms with Gasteiger partial charge in [0.25, 0.3) is 0 Å². The minimum atomic E-state index is -0.547. The van der Waals surface area contributed by atoms with E-state index in [9.17, 15) is 4.79 Å². The summed E-state index contributed by atoms with van der Waals surface area (Å²) in [6.45, 7) is 7.35. The number of piperazine rings is 1. The maximum Gasteiger partial charge on any atom is 0.232 e. The van der Waals surface area contributed by atoms with E-state index in [2.05, 4.69) is 46.3 Å². The van der Waals surface area contributed by atoms with Gasteiger partial charge in [-0.3, -0.25) is 4.79 Å². The van der Waals surface area contributed by atoms with Crippen molar-refractivity contribution < 1.29 is 4.79 Å². The Hall–Kier alpha value is -2.75. The summed E-state index contributed by atoms with van der Waals surface area (Å²) in [5.74, 6) is 0.204. The number of amides is 1. The van der Waals surface area contributed by atoms with E-state index in [0.717, 1.165) is 42.6 Å². The van der Waals surface area contributed by atoms with Crippen LogP contribution in [0.25, 0.3) is 10.9 Å². The van der Waals surface area contributed by atoms with E-state index in [1.807, 2.05) is 43.1 Å². The molecular weight excluding hydrogens is 322 g/mol. The standard InChI is InChI=1S/C22H25N3O/c1-22(2,19-16-23-20-11-7-6-10-18(19)20)21(26)25-14-12-24(13-15-25)17-8-4-3-5-9-17/h3-11,16,23H,12-15H2,1-2H3. The average Bonchev–Trinajstić information content (AvgIpc) is 3.13. The second kappa shape index (κ2) is 6.52. The van der Waals surface area contributed by atoms with Gasteiger partial charge in [0.15, 0.2) is 0 Å². The zero-order valence-corrected chi connectivity index (χ0v) is 15.4. The predicted octanol–water partition coefficient (Wildman–Crippen LogP) is 3.79. The molecular formula is C22H25N3O. The van der Waals surface area contributed by atoms with E-state index in [-0.39, 0.29) is 5.91 Å². The molecule has 4 heteroatoms. The third-order valence-corrected chi connectivity index (χ3v) is 5.49. The second-order valence-electron chi connectivity index (χ2n) is 7.49. The molecule has 1 amide bonds. The lowest BCUT2D eigenvalue weighted by molar-refractivity contribution is -0.136.